The molecule has 0 aliphatic carbocycles. The van der Waals surface area contributed by atoms with Crippen LogP contribution < -0.4 is 31.4 Å². The summed E-state index contributed by atoms with van der Waals surface area (Å²) >= 11 is 0. The summed E-state index contributed by atoms with van der Waals surface area (Å²) in [5.41, 5.74) is 1.06. The number of benzene rings is 4. The number of rotatable bonds is 20. The van der Waals surface area contributed by atoms with Crippen molar-refractivity contribution in [2.75, 3.05) is 50.0 Å². The number of urea groups is 2. The second-order valence-corrected chi connectivity index (χ2v) is 31.6. The van der Waals surface area contributed by atoms with E-state index < -0.39 is 51.2 Å². The fourth-order valence-electron chi connectivity index (χ4n) is 11.1. The number of carbonyl (C=O) groups excluding carboxylic acids is 4. The summed E-state index contributed by atoms with van der Waals surface area (Å²) in [6, 6.07) is 40.8. The fraction of sp³-hybridized carbons (Fsp3) is 0.321. The molecule has 412 valence electrons. The highest BCUT2D eigenvalue weighted by atomic mass is 32.3. The maximum Gasteiger partial charge on any atom is 0.442 e. The number of anilines is 2. The first kappa shape index (κ1) is 54.8. The van der Waals surface area contributed by atoms with Crippen LogP contribution in [-0.4, -0.2) is 140 Å². The Bertz CT molecular complexity index is 3090. The first-order chi connectivity index (χ1) is 37.7. The van der Waals surface area contributed by atoms with Crippen molar-refractivity contribution in [2.24, 2.45) is 0 Å². The highest BCUT2D eigenvalue weighted by Crippen LogP contribution is 2.39. The van der Waals surface area contributed by atoms with E-state index >= 15 is 0 Å². The number of hydroxylamine groups is 4. The molecule has 4 aromatic carbocycles. The number of carbonyl (C=O) groups is 4. The van der Waals surface area contributed by atoms with Gasteiger partial charge in [0.2, 0.25) is 11.8 Å². The largest absolute Gasteiger partial charge is 0.442 e. The normalized spacial score (nSPS) is 17.7. The highest BCUT2D eigenvalue weighted by molar-refractivity contribution is 7.81. The Morgan fingerprint density at radius 3 is 1.19 bits per heavy atom. The van der Waals surface area contributed by atoms with Crippen molar-refractivity contribution in [1.82, 2.24) is 39.5 Å². The zero-order valence-electron chi connectivity index (χ0n) is 44.9. The van der Waals surface area contributed by atoms with Crippen molar-refractivity contribution in [3.05, 3.63) is 158 Å². The molecule has 2 saturated heterocycles. The molecule has 2 aromatic heterocycles. The lowest BCUT2D eigenvalue weighted by Crippen LogP contribution is -2.66. The molecule has 79 heavy (non-hydrogen) atoms. The van der Waals surface area contributed by atoms with Crippen LogP contribution in [0.5, 0.6) is 0 Å². The Morgan fingerprint density at radius 1 is 0.544 bits per heavy atom. The molecular weight excluding hydrogens is 1060 g/mol. The lowest BCUT2D eigenvalue weighted by atomic mass is 10.2. The molecule has 6 amide bonds. The van der Waals surface area contributed by atoms with Crippen molar-refractivity contribution in [3.8, 4) is 0 Å². The minimum absolute atomic E-state index is 0.0585. The van der Waals surface area contributed by atoms with Gasteiger partial charge in [-0.15, -0.1) is 8.57 Å². The molecule has 4 aliphatic rings. The maximum atomic E-state index is 13.5. The number of nitrogens with zero attached hydrogens (tertiary/aromatic N) is 8. The van der Waals surface area contributed by atoms with E-state index in [-0.39, 0.29) is 85.8 Å². The van der Waals surface area contributed by atoms with E-state index in [4.69, 9.17) is 17.4 Å². The molecule has 2 fully saturated rings. The van der Waals surface area contributed by atoms with Crippen LogP contribution in [0.3, 0.4) is 0 Å². The SMILES string of the molecule is CC(C)(C)[Si](OCCC(=O)Nc1ccn(C2=CC3CN(C2)C(=O)N3OS(=O)(=O)ON2C(=O)N3CC(n4ccc(NC(=O)CCO[Si](c5ccccc5)(c5ccccc5)C(C)(C)C)n4)=CC2C3)n1)(c1ccccc1)c1ccccc1. The third kappa shape index (κ3) is 11.1. The molecule has 2 N–H and O–H groups in total. The van der Waals surface area contributed by atoms with Crippen molar-refractivity contribution in [2.45, 2.75) is 76.5 Å². The van der Waals surface area contributed by atoms with Gasteiger partial charge in [0, 0.05) is 63.7 Å². The quantitative estimate of drug-likeness (QED) is 0.0893. The van der Waals surface area contributed by atoms with Crippen LogP contribution in [0.1, 0.15) is 54.4 Å². The minimum Gasteiger partial charge on any atom is -0.407 e. The minimum atomic E-state index is -5.05. The van der Waals surface area contributed by atoms with E-state index in [1.807, 2.05) is 72.8 Å². The first-order valence-electron chi connectivity index (χ1n) is 26.2. The van der Waals surface area contributed by atoms with E-state index in [0.29, 0.717) is 21.5 Å². The van der Waals surface area contributed by atoms with E-state index in [9.17, 15) is 27.6 Å². The van der Waals surface area contributed by atoms with Crippen LogP contribution >= 0.6 is 0 Å². The van der Waals surface area contributed by atoms with E-state index in [2.05, 4.69) is 111 Å². The van der Waals surface area contributed by atoms with Gasteiger partial charge in [-0.25, -0.2) is 19.0 Å². The summed E-state index contributed by atoms with van der Waals surface area (Å²) in [6.45, 7) is 13.7. The van der Waals surface area contributed by atoms with Crippen molar-refractivity contribution in [3.63, 3.8) is 0 Å². The van der Waals surface area contributed by atoms with Gasteiger partial charge in [-0.2, -0.15) is 28.7 Å². The predicted molar refractivity (Wildman–Crippen MR) is 303 cm³/mol. The van der Waals surface area contributed by atoms with Crippen molar-refractivity contribution in [1.29, 1.82) is 0 Å². The van der Waals surface area contributed by atoms with Gasteiger partial charge in [0.05, 0.1) is 24.5 Å². The third-order valence-corrected chi connectivity index (χ3v) is 25.4. The van der Waals surface area contributed by atoms with Gasteiger partial charge in [-0.05, 0) is 43.0 Å². The number of amides is 6. The molecule has 6 aromatic rings. The number of hydrogen-bond acceptors (Lipinski definition) is 12. The summed E-state index contributed by atoms with van der Waals surface area (Å²) in [5.74, 6) is -0.0420. The lowest BCUT2D eigenvalue weighted by molar-refractivity contribution is -0.117. The average Bonchev–Trinajstić information content (AvgIpc) is 4.34. The summed E-state index contributed by atoms with van der Waals surface area (Å²) in [4.78, 5) is 56.5. The molecule has 23 heteroatoms. The van der Waals surface area contributed by atoms with Crippen molar-refractivity contribution < 1.29 is 45.0 Å². The molecule has 20 nitrogen and oxygen atoms in total. The second kappa shape index (κ2) is 22.0. The Morgan fingerprint density at radius 2 is 0.873 bits per heavy atom. The number of hydrogen-bond donors (Lipinski definition) is 2. The predicted octanol–water partition coefficient (Wildman–Crippen LogP) is 5.62. The molecule has 0 spiro atoms. The Balaban J connectivity index is 0.734. The molecule has 0 radical (unpaired) electrons. The van der Waals surface area contributed by atoms with E-state index in [1.165, 1.54) is 19.2 Å². The standard InChI is InChI=1S/C56H64N10O10SSi2/c1-55(2,3)78(45-19-11-7-12-20-45,46-21-13-8-14-22-46)73-33-29-51(67)57-49-27-31-63(59-49)41-35-43-39-61(37-41)53(69)65(43)75-77(71,72)76-66-44-36-42(38-62(40-44)54(66)70)64-32-28-50(60-64)58-52(68)30-34-74-79(56(4,5)6,47-23-15-9-16-24-47)48-25-17-10-18-26-48/h7-28,31-32,35-36,43-44H,29-30,33-34,37-40H2,1-6H3,(H,57,59,67)(H,58,60,68). The topological polar surface area (TPSA) is 212 Å². The molecule has 2 unspecified atom stereocenters. The van der Waals surface area contributed by atoms with Gasteiger partial charge in [0.15, 0.2) is 11.6 Å². The van der Waals surface area contributed by atoms with Gasteiger partial charge in [-0.1, -0.05) is 163 Å². The van der Waals surface area contributed by atoms with Gasteiger partial charge in [0.25, 0.3) is 16.6 Å². The Labute approximate surface area is 461 Å². The van der Waals surface area contributed by atoms with Gasteiger partial charge < -0.3 is 29.3 Å². The summed E-state index contributed by atoms with van der Waals surface area (Å²) < 4.78 is 54.4. The second-order valence-electron chi connectivity index (χ2n) is 21.9. The lowest BCUT2D eigenvalue weighted by Gasteiger charge is -2.43. The monoisotopic (exact) mass is 1120 g/mol. The fourth-order valence-corrected chi connectivity index (χ4v) is 21.0. The van der Waals surface area contributed by atoms with Crippen LogP contribution in [0.2, 0.25) is 10.1 Å². The molecule has 4 aliphatic heterocycles. The molecule has 4 bridgehead atoms. The maximum absolute atomic E-state index is 13.5. The molecule has 2 atom stereocenters. The Hall–Kier alpha value is -7.52. The number of fused-ring (bicyclic) bond motifs is 4. The van der Waals surface area contributed by atoms with Crippen LogP contribution in [-0.2, 0) is 37.4 Å². The zero-order chi connectivity index (χ0) is 55.7. The molecule has 10 rings (SSSR count). The van der Waals surface area contributed by atoms with Crippen LogP contribution in [0.25, 0.3) is 11.4 Å². The van der Waals surface area contributed by atoms with Crippen molar-refractivity contribution >= 4 is 94.7 Å². The summed E-state index contributed by atoms with van der Waals surface area (Å²) in [7, 11) is -10.8. The highest BCUT2D eigenvalue weighted by Gasteiger charge is 2.52. The summed E-state index contributed by atoms with van der Waals surface area (Å²) in [5, 5.41) is 20.1. The molecular formula is C56H64N10O10SSi2. The average molecular weight is 1130 g/mol. The third-order valence-electron chi connectivity index (χ3n) is 14.6. The molecule has 0 saturated carbocycles. The zero-order valence-corrected chi connectivity index (χ0v) is 47.7. The van der Waals surface area contributed by atoms with Gasteiger partial charge in [0.1, 0.15) is 12.1 Å². The number of nitrogens with one attached hydrogen (secondary N) is 2. The molecule has 6 heterocycles. The van der Waals surface area contributed by atoms with Crippen LogP contribution in [0.4, 0.5) is 21.2 Å². The van der Waals surface area contributed by atoms with Crippen LogP contribution in [0, 0.1) is 0 Å². The van der Waals surface area contributed by atoms with E-state index in [0.717, 1.165) is 20.7 Å². The Kier molecular flexibility index (Phi) is 15.2. The smallest absolute Gasteiger partial charge is 0.407 e. The van der Waals surface area contributed by atoms with Gasteiger partial charge in [-0.3, -0.25) is 9.59 Å². The summed E-state index contributed by atoms with van der Waals surface area (Å²) in [6.07, 6.45) is 6.70. The first-order valence-corrected chi connectivity index (χ1v) is 31.3. The van der Waals surface area contributed by atoms with Crippen LogP contribution in [0.15, 0.2) is 158 Å². The number of aromatic nitrogens is 4. The van der Waals surface area contributed by atoms with Gasteiger partial charge >= 0.3 is 22.5 Å². The van der Waals surface area contributed by atoms with E-state index in [1.54, 1.807) is 36.7 Å².